The summed E-state index contributed by atoms with van der Waals surface area (Å²) in [6.45, 7) is 4.96. The van der Waals surface area contributed by atoms with Gasteiger partial charge in [-0.05, 0) is 57.8 Å². The molecule has 0 aliphatic heterocycles. The van der Waals surface area contributed by atoms with Gasteiger partial charge in [-0.15, -0.1) is 0 Å². The number of nitrogens with one attached hydrogen (secondary N) is 1. The maximum atomic E-state index is 12.6. The number of unbranched alkanes of at least 4 members (excludes halogenated alkanes) is 63. The Hall–Kier alpha value is -1.66. The van der Waals surface area contributed by atoms with Crippen molar-refractivity contribution in [2.75, 3.05) is 13.2 Å². The minimum atomic E-state index is -0.844. The van der Waals surface area contributed by atoms with Crippen LogP contribution in [0.25, 0.3) is 0 Å². The van der Waals surface area contributed by atoms with Gasteiger partial charge >= 0.3 is 5.97 Å². The van der Waals surface area contributed by atoms with Crippen LogP contribution in [0.15, 0.2) is 24.3 Å². The first-order valence-electron chi connectivity index (χ1n) is 40.1. The molecule has 3 N–H and O–H groups in total. The third-order valence-electron chi connectivity index (χ3n) is 19.0. The molecule has 2 atom stereocenters. The molecule has 87 heavy (non-hydrogen) atoms. The van der Waals surface area contributed by atoms with E-state index in [9.17, 15) is 19.8 Å². The summed E-state index contributed by atoms with van der Waals surface area (Å²) in [4.78, 5) is 24.6. The first kappa shape index (κ1) is 85.3. The Labute approximate surface area is 545 Å². The molecule has 0 bridgehead atoms. The number of allylic oxidation sites excluding steroid dienone is 3. The molecule has 516 valence electrons. The van der Waals surface area contributed by atoms with Crippen molar-refractivity contribution in [3.63, 3.8) is 0 Å². The molecule has 0 saturated heterocycles. The summed E-state index contributed by atoms with van der Waals surface area (Å²) in [5.74, 6) is -0.0393. The fourth-order valence-electron chi connectivity index (χ4n) is 12.9. The number of aliphatic hydroxyl groups is 2. The van der Waals surface area contributed by atoms with Crippen molar-refractivity contribution in [3.05, 3.63) is 24.3 Å². The smallest absolute Gasteiger partial charge is 0.305 e. The third kappa shape index (κ3) is 73.3. The number of hydrogen-bond donors (Lipinski definition) is 3. The van der Waals surface area contributed by atoms with Crippen LogP contribution in [0.1, 0.15) is 457 Å². The Morgan fingerprint density at radius 1 is 0.310 bits per heavy atom. The highest BCUT2D eigenvalue weighted by atomic mass is 16.5. The zero-order valence-corrected chi connectivity index (χ0v) is 59.3. The molecule has 0 heterocycles. The van der Waals surface area contributed by atoms with E-state index in [1.807, 2.05) is 6.08 Å². The molecule has 0 spiro atoms. The molecular formula is C81H157NO5. The van der Waals surface area contributed by atoms with Crippen LogP contribution in [0, 0.1) is 0 Å². The fourth-order valence-corrected chi connectivity index (χ4v) is 12.9. The van der Waals surface area contributed by atoms with E-state index in [2.05, 4.69) is 31.3 Å². The van der Waals surface area contributed by atoms with Gasteiger partial charge in [-0.1, -0.05) is 411 Å². The summed E-state index contributed by atoms with van der Waals surface area (Å²) in [6.07, 6.45) is 98.8. The monoisotopic (exact) mass is 1220 g/mol. The molecule has 0 fully saturated rings. The van der Waals surface area contributed by atoms with Crippen LogP contribution in [-0.4, -0.2) is 47.4 Å². The Morgan fingerprint density at radius 3 is 0.816 bits per heavy atom. The topological polar surface area (TPSA) is 95.9 Å². The van der Waals surface area contributed by atoms with E-state index in [1.54, 1.807) is 6.08 Å². The first-order valence-corrected chi connectivity index (χ1v) is 40.1. The number of amides is 1. The van der Waals surface area contributed by atoms with Crippen LogP contribution < -0.4 is 5.32 Å². The van der Waals surface area contributed by atoms with Gasteiger partial charge in [-0.2, -0.15) is 0 Å². The molecule has 6 nitrogen and oxygen atoms in total. The lowest BCUT2D eigenvalue weighted by Gasteiger charge is -2.20. The Bertz CT molecular complexity index is 1360. The zero-order chi connectivity index (χ0) is 62.8. The fraction of sp³-hybridized carbons (Fsp3) is 0.926. The second kappa shape index (κ2) is 76.8. The van der Waals surface area contributed by atoms with Crippen molar-refractivity contribution in [1.82, 2.24) is 5.32 Å². The molecule has 0 radical (unpaired) electrons. The maximum absolute atomic E-state index is 12.6. The van der Waals surface area contributed by atoms with E-state index < -0.39 is 12.1 Å². The normalized spacial score (nSPS) is 12.6. The molecule has 0 saturated carbocycles. The van der Waals surface area contributed by atoms with Crippen LogP contribution in [0.2, 0.25) is 0 Å². The van der Waals surface area contributed by atoms with Gasteiger partial charge < -0.3 is 20.3 Å². The van der Waals surface area contributed by atoms with E-state index >= 15 is 0 Å². The third-order valence-corrected chi connectivity index (χ3v) is 19.0. The summed E-state index contributed by atoms with van der Waals surface area (Å²) in [5, 5.41) is 23.3. The second-order valence-electron chi connectivity index (χ2n) is 27.8. The van der Waals surface area contributed by atoms with Crippen molar-refractivity contribution in [3.8, 4) is 0 Å². The largest absolute Gasteiger partial charge is 0.466 e. The summed E-state index contributed by atoms with van der Waals surface area (Å²) >= 11 is 0. The number of carbonyl (C=O) groups excluding carboxylic acids is 2. The lowest BCUT2D eigenvalue weighted by molar-refractivity contribution is -0.143. The molecular weight excluding hydrogens is 1070 g/mol. The number of ether oxygens (including phenoxy) is 1. The van der Waals surface area contributed by atoms with Gasteiger partial charge in [0, 0.05) is 12.8 Å². The molecule has 2 unspecified atom stereocenters. The van der Waals surface area contributed by atoms with E-state index in [-0.39, 0.29) is 18.5 Å². The number of hydrogen-bond acceptors (Lipinski definition) is 5. The highest BCUT2D eigenvalue weighted by molar-refractivity contribution is 5.76. The number of esters is 1. The number of aliphatic hydroxyl groups excluding tert-OH is 2. The summed E-state index contributed by atoms with van der Waals surface area (Å²) in [5.41, 5.74) is 0. The van der Waals surface area contributed by atoms with Crippen molar-refractivity contribution in [2.24, 2.45) is 0 Å². The Morgan fingerprint density at radius 2 is 0.540 bits per heavy atom. The average molecular weight is 1230 g/mol. The van der Waals surface area contributed by atoms with Crippen molar-refractivity contribution in [1.29, 1.82) is 0 Å². The van der Waals surface area contributed by atoms with Crippen LogP contribution in [-0.2, 0) is 14.3 Å². The minimum Gasteiger partial charge on any atom is -0.466 e. The predicted molar refractivity (Wildman–Crippen MR) is 384 cm³/mol. The Balaban J connectivity index is 3.38. The number of carbonyl (C=O) groups is 2. The van der Waals surface area contributed by atoms with Crippen LogP contribution in [0.4, 0.5) is 0 Å². The van der Waals surface area contributed by atoms with Gasteiger partial charge in [0.2, 0.25) is 5.91 Å². The summed E-state index contributed by atoms with van der Waals surface area (Å²) in [7, 11) is 0. The zero-order valence-electron chi connectivity index (χ0n) is 59.3. The molecule has 0 aliphatic carbocycles. The summed E-state index contributed by atoms with van der Waals surface area (Å²) < 4.78 is 5.49. The van der Waals surface area contributed by atoms with Crippen molar-refractivity contribution in [2.45, 2.75) is 469 Å². The molecule has 0 aromatic heterocycles. The van der Waals surface area contributed by atoms with Crippen molar-refractivity contribution < 1.29 is 24.5 Å². The number of rotatable bonds is 76. The summed E-state index contributed by atoms with van der Waals surface area (Å²) in [6, 6.07) is -0.627. The van der Waals surface area contributed by atoms with Gasteiger partial charge in [0.25, 0.3) is 0 Å². The minimum absolute atomic E-state index is 0.0205. The molecule has 6 heteroatoms. The van der Waals surface area contributed by atoms with Crippen LogP contribution in [0.3, 0.4) is 0 Å². The maximum Gasteiger partial charge on any atom is 0.305 e. The predicted octanol–water partition coefficient (Wildman–Crippen LogP) is 26.4. The van der Waals surface area contributed by atoms with E-state index in [1.165, 1.54) is 392 Å². The van der Waals surface area contributed by atoms with E-state index in [0.29, 0.717) is 19.4 Å². The average Bonchev–Trinajstić information content (AvgIpc) is 3.57. The lowest BCUT2D eigenvalue weighted by atomic mass is 10.0. The lowest BCUT2D eigenvalue weighted by Crippen LogP contribution is -2.45. The highest BCUT2D eigenvalue weighted by Crippen LogP contribution is 2.20. The molecule has 0 aromatic carbocycles. The standard InChI is InChI=1S/C81H157NO5/c1-3-5-7-9-11-13-15-17-18-19-20-21-22-31-34-37-40-43-46-50-53-57-61-65-69-73-79(84)78(77-83)82-80(85)74-70-66-62-58-54-51-47-44-41-38-35-32-29-27-25-23-24-26-28-30-33-36-39-42-45-48-52-56-60-64-68-72-76-87-81(86)75-71-67-63-59-55-49-16-14-12-10-8-6-4-2/h26,28,69,73,78-79,83-84H,3-25,27,29-68,70-72,74-77H2,1-2H3,(H,82,85)/b28-26-,73-69+. The van der Waals surface area contributed by atoms with Gasteiger partial charge in [0.1, 0.15) is 0 Å². The van der Waals surface area contributed by atoms with Gasteiger partial charge in [-0.3, -0.25) is 9.59 Å². The first-order chi connectivity index (χ1) is 43.0. The van der Waals surface area contributed by atoms with E-state index in [4.69, 9.17) is 4.74 Å². The van der Waals surface area contributed by atoms with Gasteiger partial charge in [-0.25, -0.2) is 0 Å². The van der Waals surface area contributed by atoms with E-state index in [0.717, 1.165) is 38.5 Å². The molecule has 1 amide bonds. The SMILES string of the molecule is CCCCCCCCCCCCCCCCCCCCCCCCC/C=C/C(O)C(CO)NC(=O)CCCCCCCCCCCCCCCCCC/C=C\CCCCCCCCCCCCCCOC(=O)CCCCCCCCCCCCCCC. The van der Waals surface area contributed by atoms with Gasteiger partial charge in [0.15, 0.2) is 0 Å². The highest BCUT2D eigenvalue weighted by Gasteiger charge is 2.18. The second-order valence-corrected chi connectivity index (χ2v) is 27.8. The molecule has 0 aromatic rings. The Kier molecular flexibility index (Phi) is 75.3. The quantitative estimate of drug-likeness (QED) is 0.0320. The molecule has 0 aliphatic rings. The van der Waals surface area contributed by atoms with Crippen LogP contribution in [0.5, 0.6) is 0 Å². The van der Waals surface area contributed by atoms with Crippen molar-refractivity contribution >= 4 is 11.9 Å². The van der Waals surface area contributed by atoms with Gasteiger partial charge in [0.05, 0.1) is 25.4 Å². The molecule has 0 rings (SSSR count). The van der Waals surface area contributed by atoms with Crippen LogP contribution >= 0.6 is 0 Å².